The van der Waals surface area contributed by atoms with Gasteiger partial charge in [0.2, 0.25) is 0 Å². The Kier molecular flexibility index (Phi) is 1.76. The van der Waals surface area contributed by atoms with Crippen LogP contribution in [-0.2, 0) is 5.66 Å². The molecule has 0 saturated carbocycles. The summed E-state index contributed by atoms with van der Waals surface area (Å²) in [5, 5.41) is 5.86. The van der Waals surface area contributed by atoms with Crippen LogP contribution in [0.2, 0.25) is 0 Å². The highest BCUT2D eigenvalue weighted by molar-refractivity contribution is 5.52. The first-order valence-corrected chi connectivity index (χ1v) is 3.93. The molecule has 0 spiro atoms. The quantitative estimate of drug-likeness (QED) is 0.572. The van der Waals surface area contributed by atoms with Gasteiger partial charge in [0.25, 0.3) is 0 Å². The number of benzene rings is 1. The van der Waals surface area contributed by atoms with Crippen LogP contribution < -0.4 is 5.73 Å². The topological polar surface area (TPSA) is 50.7 Å². The Bertz CT molecular complexity index is 432. The van der Waals surface area contributed by atoms with E-state index in [1.807, 2.05) is 0 Å². The van der Waals surface area contributed by atoms with Gasteiger partial charge in [-0.25, -0.2) is 4.39 Å². The lowest BCUT2D eigenvalue weighted by molar-refractivity contribution is -0.166. The Labute approximate surface area is 81.6 Å². The first kappa shape index (κ1) is 9.88. The number of nitrogens with two attached hydrogens (primary N) is 1. The lowest BCUT2D eigenvalue weighted by Gasteiger charge is -2.16. The molecule has 1 aliphatic heterocycles. The van der Waals surface area contributed by atoms with Crippen molar-refractivity contribution < 1.29 is 17.6 Å². The van der Waals surface area contributed by atoms with Crippen molar-refractivity contribution in [2.45, 2.75) is 11.8 Å². The van der Waals surface area contributed by atoms with Gasteiger partial charge in [0.05, 0.1) is 0 Å². The van der Waals surface area contributed by atoms with Crippen LogP contribution in [0.25, 0.3) is 0 Å². The first-order valence-electron chi connectivity index (χ1n) is 3.93. The summed E-state index contributed by atoms with van der Waals surface area (Å²) in [4.78, 5) is 0. The molecule has 0 bridgehead atoms. The molecule has 0 unspecified atom stereocenters. The van der Waals surface area contributed by atoms with Crippen LogP contribution in [0.3, 0.4) is 0 Å². The monoisotopic (exact) mass is 219 g/mol. The van der Waals surface area contributed by atoms with Crippen LogP contribution in [0.4, 0.5) is 23.2 Å². The summed E-state index contributed by atoms with van der Waals surface area (Å²) >= 11 is 0. The van der Waals surface area contributed by atoms with E-state index in [0.717, 1.165) is 12.1 Å². The third-order valence-electron chi connectivity index (χ3n) is 2.09. The van der Waals surface area contributed by atoms with Crippen molar-refractivity contribution in [3.8, 4) is 0 Å². The van der Waals surface area contributed by atoms with Gasteiger partial charge >= 0.3 is 11.8 Å². The maximum absolute atomic E-state index is 12.8. The van der Waals surface area contributed by atoms with E-state index in [1.165, 1.54) is 0 Å². The molecule has 0 atom stereocenters. The predicted molar refractivity (Wildman–Crippen MR) is 43.4 cm³/mol. The fourth-order valence-corrected chi connectivity index (χ4v) is 1.25. The van der Waals surface area contributed by atoms with E-state index in [9.17, 15) is 17.6 Å². The fourth-order valence-electron chi connectivity index (χ4n) is 1.25. The van der Waals surface area contributed by atoms with Gasteiger partial charge in [-0.3, -0.25) is 0 Å². The van der Waals surface area contributed by atoms with E-state index in [4.69, 9.17) is 5.73 Å². The molecular formula is C8H5F4N3. The number of hydrogen-bond acceptors (Lipinski definition) is 3. The van der Waals surface area contributed by atoms with E-state index in [-0.39, 0.29) is 5.69 Å². The Morgan fingerprint density at radius 3 is 2.27 bits per heavy atom. The SMILES string of the molecule is Nc1ccc(F)cc1C1(C(F)(F)F)N=N1. The zero-order valence-electron chi connectivity index (χ0n) is 7.22. The lowest BCUT2D eigenvalue weighted by atomic mass is 10.0. The zero-order valence-corrected chi connectivity index (χ0v) is 7.22. The van der Waals surface area contributed by atoms with Crippen molar-refractivity contribution in [2.75, 3.05) is 5.73 Å². The maximum Gasteiger partial charge on any atom is 0.442 e. The van der Waals surface area contributed by atoms with Crippen molar-refractivity contribution >= 4 is 5.69 Å². The van der Waals surface area contributed by atoms with E-state index < -0.39 is 23.2 Å². The van der Waals surface area contributed by atoms with Gasteiger partial charge in [-0.1, -0.05) is 0 Å². The summed E-state index contributed by atoms with van der Waals surface area (Å²) in [6.07, 6.45) is -4.69. The minimum Gasteiger partial charge on any atom is -0.398 e. The van der Waals surface area contributed by atoms with Crippen molar-refractivity contribution in [1.29, 1.82) is 0 Å². The Morgan fingerprint density at radius 2 is 1.80 bits per heavy atom. The molecule has 15 heavy (non-hydrogen) atoms. The molecule has 2 N–H and O–H groups in total. The summed E-state index contributed by atoms with van der Waals surface area (Å²) in [6.45, 7) is 0. The molecule has 7 heteroatoms. The normalized spacial score (nSPS) is 17.9. The zero-order chi connectivity index (χ0) is 11.3. The van der Waals surface area contributed by atoms with Crippen molar-refractivity contribution in [1.82, 2.24) is 0 Å². The van der Waals surface area contributed by atoms with E-state index in [0.29, 0.717) is 6.07 Å². The highest BCUT2D eigenvalue weighted by Crippen LogP contribution is 2.53. The third kappa shape index (κ3) is 1.34. The van der Waals surface area contributed by atoms with Gasteiger partial charge in [-0.05, 0) is 18.2 Å². The number of halogens is 4. The highest BCUT2D eigenvalue weighted by Gasteiger charge is 2.66. The molecular weight excluding hydrogens is 214 g/mol. The maximum atomic E-state index is 12.8. The highest BCUT2D eigenvalue weighted by atomic mass is 19.4. The van der Waals surface area contributed by atoms with Gasteiger partial charge in [-0.15, -0.1) is 10.2 Å². The molecule has 2 rings (SSSR count). The average molecular weight is 219 g/mol. The molecule has 1 aliphatic rings. The smallest absolute Gasteiger partial charge is 0.398 e. The Hall–Kier alpha value is -1.66. The number of nitrogens with zero attached hydrogens (tertiary/aromatic N) is 2. The van der Waals surface area contributed by atoms with Crippen molar-refractivity contribution in [2.24, 2.45) is 10.2 Å². The number of anilines is 1. The van der Waals surface area contributed by atoms with E-state index >= 15 is 0 Å². The van der Waals surface area contributed by atoms with Crippen LogP contribution in [0.5, 0.6) is 0 Å². The van der Waals surface area contributed by atoms with Crippen LogP contribution in [0.15, 0.2) is 28.4 Å². The van der Waals surface area contributed by atoms with E-state index in [1.54, 1.807) is 0 Å². The second-order valence-corrected chi connectivity index (χ2v) is 3.10. The summed E-state index contributed by atoms with van der Waals surface area (Å²) in [5.41, 5.74) is 2.03. The molecule has 0 fully saturated rings. The standard InChI is InChI=1S/C8H5F4N3/c9-4-1-2-6(13)5(3-4)7(14-15-7)8(10,11)12/h1-3H,13H2. The summed E-state index contributed by atoms with van der Waals surface area (Å²) in [5.74, 6) is -0.805. The number of nitrogen functional groups attached to an aromatic ring is 1. The largest absolute Gasteiger partial charge is 0.442 e. The van der Waals surface area contributed by atoms with Gasteiger partial charge in [0.15, 0.2) is 0 Å². The molecule has 1 aromatic carbocycles. The third-order valence-corrected chi connectivity index (χ3v) is 2.09. The molecule has 0 aliphatic carbocycles. The molecule has 0 amide bonds. The fraction of sp³-hybridized carbons (Fsp3) is 0.250. The number of alkyl halides is 3. The average Bonchev–Trinajstić information content (AvgIpc) is 2.88. The summed E-state index contributed by atoms with van der Waals surface area (Å²) in [6, 6.07) is 2.73. The molecule has 1 heterocycles. The van der Waals surface area contributed by atoms with E-state index in [2.05, 4.69) is 10.2 Å². The van der Waals surface area contributed by atoms with Crippen LogP contribution in [0.1, 0.15) is 5.56 Å². The van der Waals surface area contributed by atoms with Gasteiger partial charge in [-0.2, -0.15) is 13.2 Å². The predicted octanol–water partition coefficient (Wildman–Crippen LogP) is 2.59. The second-order valence-electron chi connectivity index (χ2n) is 3.10. The summed E-state index contributed by atoms with van der Waals surface area (Å²) in [7, 11) is 0. The summed E-state index contributed by atoms with van der Waals surface area (Å²) < 4.78 is 50.4. The lowest BCUT2D eigenvalue weighted by Crippen LogP contribution is -2.31. The minimum absolute atomic E-state index is 0.182. The Morgan fingerprint density at radius 1 is 1.20 bits per heavy atom. The molecule has 0 aromatic heterocycles. The van der Waals surface area contributed by atoms with Crippen molar-refractivity contribution in [3.63, 3.8) is 0 Å². The van der Waals surface area contributed by atoms with Gasteiger partial charge in [0, 0.05) is 11.3 Å². The molecule has 1 aromatic rings. The number of hydrogen-bond donors (Lipinski definition) is 1. The molecule has 3 nitrogen and oxygen atoms in total. The Balaban J connectivity index is 2.51. The first-order chi connectivity index (χ1) is 6.87. The molecule has 0 saturated heterocycles. The number of rotatable bonds is 1. The minimum atomic E-state index is -4.69. The van der Waals surface area contributed by atoms with Crippen LogP contribution in [0, 0.1) is 5.82 Å². The van der Waals surface area contributed by atoms with Crippen LogP contribution in [-0.4, -0.2) is 6.18 Å². The second kappa shape index (κ2) is 2.68. The molecule has 80 valence electrons. The van der Waals surface area contributed by atoms with Crippen molar-refractivity contribution in [3.05, 3.63) is 29.6 Å². The van der Waals surface area contributed by atoms with Crippen LogP contribution >= 0.6 is 0 Å². The molecule has 0 radical (unpaired) electrons. The van der Waals surface area contributed by atoms with Gasteiger partial charge < -0.3 is 5.73 Å². The van der Waals surface area contributed by atoms with Gasteiger partial charge in [0.1, 0.15) is 5.82 Å².